The van der Waals surface area contributed by atoms with Crippen LogP contribution in [-0.2, 0) is 4.74 Å². The predicted octanol–water partition coefficient (Wildman–Crippen LogP) is 0.468. The second kappa shape index (κ2) is 3.61. The Labute approximate surface area is 62.8 Å². The van der Waals surface area contributed by atoms with Crippen LogP contribution in [0, 0.1) is 0 Å². The lowest BCUT2D eigenvalue weighted by molar-refractivity contribution is -0.753. The number of rotatable bonds is 3. The molecule has 0 amide bonds. The molecule has 0 aliphatic rings. The van der Waals surface area contributed by atoms with Crippen molar-refractivity contribution < 1.29 is 13.9 Å². The Kier molecular flexibility index (Phi) is 3.43. The monoisotopic (exact) mass is 143 g/mol. The Morgan fingerprint density at radius 3 is 2.30 bits per heavy atom. The van der Waals surface area contributed by atoms with Crippen LogP contribution >= 0.6 is 0 Å². The van der Waals surface area contributed by atoms with Gasteiger partial charge in [-0.2, -0.15) is 0 Å². The molecule has 0 aromatic rings. The fraction of sp³-hybridized carbons (Fsp3) is 0.833. The van der Waals surface area contributed by atoms with Crippen LogP contribution in [0.25, 0.3) is 0 Å². The van der Waals surface area contributed by atoms with E-state index in [1.165, 1.54) is 7.41 Å². The first-order chi connectivity index (χ1) is 4.45. The highest BCUT2D eigenvalue weighted by molar-refractivity contribution is 6.66. The summed E-state index contributed by atoms with van der Waals surface area (Å²) in [7, 11) is 7.22. The molecule has 58 valence electrons. The molecule has 0 aliphatic carbocycles. The third-order valence-corrected chi connectivity index (χ3v) is 0.779. The highest BCUT2D eigenvalue weighted by Crippen LogP contribution is 1.89. The summed E-state index contributed by atoms with van der Waals surface area (Å²) in [5.74, 6) is -0.255. The van der Waals surface area contributed by atoms with Crippen molar-refractivity contribution in [2.75, 3.05) is 27.7 Å². The minimum atomic E-state index is -0.255. The summed E-state index contributed by atoms with van der Waals surface area (Å²) < 4.78 is 5.21. The molecule has 0 saturated carbocycles. The predicted molar refractivity (Wildman–Crippen MR) is 40.8 cm³/mol. The van der Waals surface area contributed by atoms with Gasteiger partial charge in [0.15, 0.2) is 0 Å². The third-order valence-electron chi connectivity index (χ3n) is 0.779. The Hall–Kier alpha value is -0.505. The van der Waals surface area contributed by atoms with Gasteiger partial charge in [-0.05, 0) is 6.92 Å². The maximum atomic E-state index is 10.8. The van der Waals surface area contributed by atoms with Crippen LogP contribution < -0.4 is 0 Å². The maximum absolute atomic E-state index is 10.8. The van der Waals surface area contributed by atoms with E-state index in [0.717, 1.165) is 0 Å². The fourth-order valence-electron chi connectivity index (χ4n) is 0.496. The second-order valence-corrected chi connectivity index (χ2v) is 3.00. The standard InChI is InChI=1S/C6H14BNO2/c1-5-10-6(9)7-8(2,3)4/h5H2,1-4H3. The molecule has 10 heavy (non-hydrogen) atoms. The van der Waals surface area contributed by atoms with E-state index in [1.54, 1.807) is 6.92 Å². The van der Waals surface area contributed by atoms with Crippen molar-refractivity contribution in [3.63, 3.8) is 0 Å². The number of nitrogens with zero attached hydrogens (tertiary/aromatic N) is 1. The quantitative estimate of drug-likeness (QED) is 0.536. The van der Waals surface area contributed by atoms with Gasteiger partial charge >= 0.3 is 0 Å². The van der Waals surface area contributed by atoms with E-state index in [1.807, 2.05) is 21.1 Å². The minimum absolute atomic E-state index is 0.255. The smallest absolute Gasteiger partial charge is 0.132 e. The van der Waals surface area contributed by atoms with Gasteiger partial charge in [-0.15, -0.1) is 0 Å². The molecule has 2 radical (unpaired) electrons. The fourth-order valence-corrected chi connectivity index (χ4v) is 0.496. The van der Waals surface area contributed by atoms with Gasteiger partial charge in [0.1, 0.15) is 13.3 Å². The van der Waals surface area contributed by atoms with Crippen LogP contribution in [0.1, 0.15) is 6.92 Å². The molecular formula is C6H14BNO2. The number of hydrogen-bond donors (Lipinski definition) is 0. The van der Waals surface area contributed by atoms with E-state index < -0.39 is 0 Å². The summed E-state index contributed by atoms with van der Waals surface area (Å²) in [6.45, 7) is 2.23. The summed E-state index contributed by atoms with van der Waals surface area (Å²) in [4.78, 5) is 10.8. The van der Waals surface area contributed by atoms with Crippen LogP contribution in [0.15, 0.2) is 0 Å². The van der Waals surface area contributed by atoms with Gasteiger partial charge in [0.25, 0.3) is 0 Å². The molecule has 0 aliphatic heterocycles. The topological polar surface area (TPSA) is 26.3 Å². The second-order valence-electron chi connectivity index (χ2n) is 3.00. The number of hydrogen-bond acceptors (Lipinski definition) is 2. The zero-order valence-electron chi connectivity index (χ0n) is 7.05. The van der Waals surface area contributed by atoms with E-state index in [4.69, 9.17) is 4.74 Å². The largest absolute Gasteiger partial charge is 0.558 e. The van der Waals surface area contributed by atoms with Crippen molar-refractivity contribution in [2.45, 2.75) is 6.92 Å². The van der Waals surface area contributed by atoms with Gasteiger partial charge < -0.3 is 13.9 Å². The molecule has 3 nitrogen and oxygen atoms in total. The first-order valence-corrected chi connectivity index (χ1v) is 3.29. The zero-order valence-corrected chi connectivity index (χ0v) is 7.05. The van der Waals surface area contributed by atoms with Crippen LogP contribution in [-0.4, -0.2) is 45.4 Å². The molecule has 0 fully saturated rings. The van der Waals surface area contributed by atoms with E-state index in [0.29, 0.717) is 11.0 Å². The summed E-state index contributed by atoms with van der Waals surface area (Å²) in [5.41, 5.74) is 0. The molecule has 0 aromatic carbocycles. The molecular weight excluding hydrogens is 129 g/mol. The van der Waals surface area contributed by atoms with Crippen molar-refractivity contribution in [3.05, 3.63) is 0 Å². The molecule has 0 bridgehead atoms. The first kappa shape index (κ1) is 9.49. The Bertz CT molecular complexity index is 119. The molecule has 0 rings (SSSR count). The number of carbonyl (C=O) groups excluding carboxylic acids is 1. The van der Waals surface area contributed by atoms with E-state index in [-0.39, 0.29) is 5.87 Å². The molecule has 0 heterocycles. The van der Waals surface area contributed by atoms with Crippen molar-refractivity contribution in [2.24, 2.45) is 0 Å². The normalized spacial score (nSPS) is 11.2. The van der Waals surface area contributed by atoms with Crippen molar-refractivity contribution in [1.29, 1.82) is 0 Å². The van der Waals surface area contributed by atoms with E-state index in [9.17, 15) is 4.79 Å². The van der Waals surface area contributed by atoms with Crippen molar-refractivity contribution >= 4 is 13.3 Å². The summed E-state index contributed by atoms with van der Waals surface area (Å²) >= 11 is 0. The number of carbonyl (C=O) groups is 1. The summed E-state index contributed by atoms with van der Waals surface area (Å²) in [6.07, 6.45) is 0. The Balaban J connectivity index is 3.58. The molecule has 4 heteroatoms. The average molecular weight is 143 g/mol. The van der Waals surface area contributed by atoms with Crippen molar-refractivity contribution in [3.8, 4) is 0 Å². The third kappa shape index (κ3) is 5.63. The van der Waals surface area contributed by atoms with Gasteiger partial charge in [0, 0.05) is 21.1 Å². The molecule has 0 atom stereocenters. The van der Waals surface area contributed by atoms with Crippen molar-refractivity contribution in [1.82, 2.24) is 0 Å². The average Bonchev–Trinajstić information content (AvgIpc) is 1.59. The van der Waals surface area contributed by atoms with Crippen LogP contribution in [0.3, 0.4) is 0 Å². The highest BCUT2D eigenvalue weighted by Gasteiger charge is 2.01. The zero-order chi connectivity index (χ0) is 8.20. The van der Waals surface area contributed by atoms with E-state index >= 15 is 0 Å². The number of ether oxygens (including phenoxy) is 1. The molecule has 0 spiro atoms. The summed E-state index contributed by atoms with van der Waals surface area (Å²) in [5, 5.41) is 0. The van der Waals surface area contributed by atoms with Gasteiger partial charge in [-0.1, -0.05) is 0 Å². The maximum Gasteiger partial charge on any atom is 0.132 e. The van der Waals surface area contributed by atoms with Gasteiger partial charge in [0.05, 0.1) is 6.61 Å². The first-order valence-electron chi connectivity index (χ1n) is 3.29. The van der Waals surface area contributed by atoms with Gasteiger partial charge in [-0.25, -0.2) is 0 Å². The summed E-state index contributed by atoms with van der Waals surface area (Å²) in [6, 6.07) is 0. The SMILES string of the molecule is CCOC(=O)[B-][N+](C)(C)C. The van der Waals surface area contributed by atoms with Crippen LogP contribution in [0.5, 0.6) is 0 Å². The molecule has 0 saturated heterocycles. The minimum Gasteiger partial charge on any atom is -0.558 e. The van der Waals surface area contributed by atoms with Gasteiger partial charge in [0.2, 0.25) is 0 Å². The van der Waals surface area contributed by atoms with Gasteiger partial charge in [-0.3, -0.25) is 0 Å². The lowest BCUT2D eigenvalue weighted by atomic mass is 9.90. The van der Waals surface area contributed by atoms with Crippen LogP contribution in [0.2, 0.25) is 0 Å². The molecule has 0 N–H and O–H groups in total. The molecule has 0 aromatic heterocycles. The lowest BCUT2D eigenvalue weighted by Gasteiger charge is -2.36. The van der Waals surface area contributed by atoms with E-state index in [2.05, 4.69) is 0 Å². The van der Waals surface area contributed by atoms with Crippen LogP contribution in [0.4, 0.5) is 4.79 Å². The Morgan fingerprint density at radius 2 is 2.00 bits per heavy atom. The highest BCUT2D eigenvalue weighted by atomic mass is 16.5. The molecule has 0 unspecified atom stereocenters. The number of quaternary nitrogens is 1. The Morgan fingerprint density at radius 1 is 1.50 bits per heavy atom. The lowest BCUT2D eigenvalue weighted by Crippen LogP contribution is -2.43.